The van der Waals surface area contributed by atoms with Crippen LogP contribution in [0, 0.1) is 12.3 Å². The van der Waals surface area contributed by atoms with Crippen molar-refractivity contribution in [2.75, 3.05) is 33.3 Å². The number of amides is 1. The number of ether oxygens (including phenoxy) is 4. The van der Waals surface area contributed by atoms with E-state index < -0.39 is 41.5 Å². The summed E-state index contributed by atoms with van der Waals surface area (Å²) in [5.74, 6) is -0.00837. The number of likely N-dealkylation sites (tertiary alicyclic amines) is 1. The summed E-state index contributed by atoms with van der Waals surface area (Å²) in [6.45, 7) is -0.0919. The number of benzene rings is 1. The number of carbonyl (C=O) groups is 4. The molecule has 0 radical (unpaired) electrons. The molecule has 0 bridgehead atoms. The third-order valence-electron chi connectivity index (χ3n) is 6.34. The molecule has 11 nitrogen and oxygen atoms in total. The summed E-state index contributed by atoms with van der Waals surface area (Å²) in [5, 5.41) is 3.26. The van der Waals surface area contributed by atoms with Crippen molar-refractivity contribution in [1.29, 1.82) is 0 Å². The van der Waals surface area contributed by atoms with Gasteiger partial charge in [0.25, 0.3) is 0 Å². The number of nitrogens with zero attached hydrogens (tertiary/aromatic N) is 2. The molecule has 182 valence electrons. The van der Waals surface area contributed by atoms with E-state index in [9.17, 15) is 19.2 Å². The maximum absolute atomic E-state index is 13.2. The van der Waals surface area contributed by atoms with Gasteiger partial charge < -0.3 is 24.3 Å². The van der Waals surface area contributed by atoms with Gasteiger partial charge in [-0.25, -0.2) is 29.1 Å². The third-order valence-corrected chi connectivity index (χ3v) is 6.34. The second-order valence-electron chi connectivity index (χ2n) is 7.96. The molecule has 1 spiro atoms. The molecule has 1 aromatic rings. The van der Waals surface area contributed by atoms with Crippen molar-refractivity contribution in [2.24, 2.45) is 4.99 Å². The standard InChI is InChI=1S/C24H23N3O8/c1-5-6-11-35-23(31)27-15(19(28)32-2)12-24-13-9-7-8-10-14(13)25-18(24)16(20(29)33-3)17(21(30)34-4)26-22(24)27/h1,7-10,15,18,25H,6,11-12H2,2-4H3/t15-,18-,24-/m0/s1. The van der Waals surface area contributed by atoms with Crippen LogP contribution >= 0.6 is 0 Å². The lowest BCUT2D eigenvalue weighted by Crippen LogP contribution is -2.53. The van der Waals surface area contributed by atoms with Crippen molar-refractivity contribution in [3.8, 4) is 12.3 Å². The first-order chi connectivity index (χ1) is 16.8. The summed E-state index contributed by atoms with van der Waals surface area (Å²) in [6, 6.07) is 5.12. The van der Waals surface area contributed by atoms with Crippen molar-refractivity contribution >= 4 is 35.5 Å². The predicted molar refractivity (Wildman–Crippen MR) is 121 cm³/mol. The molecule has 1 N–H and O–H groups in total. The molecular formula is C24H23N3O8. The van der Waals surface area contributed by atoms with E-state index >= 15 is 0 Å². The predicted octanol–water partition coefficient (Wildman–Crippen LogP) is 1.14. The number of methoxy groups -OCH3 is 3. The fourth-order valence-electron chi connectivity index (χ4n) is 4.92. The molecule has 1 fully saturated rings. The quantitative estimate of drug-likeness (QED) is 0.284. The molecule has 3 heterocycles. The number of amidine groups is 1. The molecule has 3 atom stereocenters. The van der Waals surface area contributed by atoms with Gasteiger partial charge in [-0.05, 0) is 18.1 Å². The van der Waals surface area contributed by atoms with Crippen molar-refractivity contribution in [3.05, 3.63) is 41.1 Å². The topological polar surface area (TPSA) is 133 Å². The van der Waals surface area contributed by atoms with E-state index in [1.165, 1.54) is 14.2 Å². The van der Waals surface area contributed by atoms with Gasteiger partial charge >= 0.3 is 24.0 Å². The average Bonchev–Trinajstić information content (AvgIpc) is 3.40. The summed E-state index contributed by atoms with van der Waals surface area (Å²) in [5.41, 5.74) is -0.291. The molecule has 1 amide bonds. The van der Waals surface area contributed by atoms with Gasteiger partial charge in [-0.2, -0.15) is 0 Å². The maximum Gasteiger partial charge on any atom is 0.416 e. The second-order valence-corrected chi connectivity index (χ2v) is 7.96. The van der Waals surface area contributed by atoms with Crippen LogP contribution in [0.15, 0.2) is 40.5 Å². The largest absolute Gasteiger partial charge is 0.467 e. The molecule has 3 aliphatic heterocycles. The normalized spacial score (nSPS) is 23.6. The molecule has 11 heteroatoms. The molecule has 0 unspecified atom stereocenters. The summed E-state index contributed by atoms with van der Waals surface area (Å²) in [6.07, 6.45) is 4.53. The Morgan fingerprint density at radius 3 is 2.51 bits per heavy atom. The molecule has 3 aliphatic rings. The van der Waals surface area contributed by atoms with Gasteiger partial charge in [0.05, 0.1) is 38.4 Å². The highest BCUT2D eigenvalue weighted by molar-refractivity contribution is 6.16. The first-order valence-electron chi connectivity index (χ1n) is 10.7. The lowest BCUT2D eigenvalue weighted by atomic mass is 9.70. The number of nitrogens with one attached hydrogen (secondary N) is 1. The molecular weight excluding hydrogens is 458 g/mol. The Balaban J connectivity index is 1.98. The highest BCUT2D eigenvalue weighted by Crippen LogP contribution is 2.55. The number of carbonyl (C=O) groups excluding carboxylic acids is 4. The Morgan fingerprint density at radius 2 is 1.86 bits per heavy atom. The zero-order valence-electron chi connectivity index (χ0n) is 19.3. The second kappa shape index (κ2) is 9.13. The van der Waals surface area contributed by atoms with Crippen LogP contribution < -0.4 is 5.32 Å². The van der Waals surface area contributed by atoms with Gasteiger partial charge in [0, 0.05) is 12.1 Å². The summed E-state index contributed by atoms with van der Waals surface area (Å²) in [7, 11) is 3.52. The van der Waals surface area contributed by atoms with Gasteiger partial charge in [0.15, 0.2) is 5.70 Å². The number of rotatable bonds is 5. The van der Waals surface area contributed by atoms with Crippen LogP contribution in [0.2, 0.25) is 0 Å². The monoisotopic (exact) mass is 481 g/mol. The Kier molecular flexibility index (Phi) is 6.22. The van der Waals surface area contributed by atoms with E-state index in [2.05, 4.69) is 16.2 Å². The van der Waals surface area contributed by atoms with Gasteiger partial charge in [0.2, 0.25) is 0 Å². The van der Waals surface area contributed by atoms with Gasteiger partial charge in [-0.1, -0.05) is 18.2 Å². The highest BCUT2D eigenvalue weighted by Gasteiger charge is 2.66. The van der Waals surface area contributed by atoms with E-state index in [1.807, 2.05) is 0 Å². The van der Waals surface area contributed by atoms with Gasteiger partial charge in [-0.3, -0.25) is 0 Å². The Hall–Kier alpha value is -4.33. The van der Waals surface area contributed by atoms with Gasteiger partial charge in [0.1, 0.15) is 18.5 Å². The smallest absolute Gasteiger partial charge is 0.416 e. The first kappa shape index (κ1) is 23.8. The average molecular weight is 481 g/mol. The number of terminal acetylenes is 1. The van der Waals surface area contributed by atoms with E-state index in [0.29, 0.717) is 11.3 Å². The minimum atomic E-state index is -1.19. The van der Waals surface area contributed by atoms with E-state index in [1.54, 1.807) is 24.3 Å². The third kappa shape index (κ3) is 3.49. The molecule has 0 aromatic heterocycles. The van der Waals surface area contributed by atoms with Crippen molar-refractivity contribution < 1.29 is 38.1 Å². The molecule has 0 saturated carbocycles. The SMILES string of the molecule is C#CCCOC(=O)N1C2=NC(C(=O)OC)=C(C(=O)OC)[C@@H]3Nc4ccccc4[C@]23C[C@H]1C(=O)OC. The van der Waals surface area contributed by atoms with E-state index in [-0.39, 0.29) is 36.6 Å². The van der Waals surface area contributed by atoms with Gasteiger partial charge in [-0.15, -0.1) is 12.3 Å². The van der Waals surface area contributed by atoms with Crippen LogP contribution in [0.1, 0.15) is 18.4 Å². The number of para-hydroxylation sites is 1. The molecule has 0 aliphatic carbocycles. The van der Waals surface area contributed by atoms with Crippen molar-refractivity contribution in [3.63, 3.8) is 0 Å². The van der Waals surface area contributed by atoms with E-state index in [4.69, 9.17) is 25.4 Å². The lowest BCUT2D eigenvalue weighted by Gasteiger charge is -2.36. The maximum atomic E-state index is 13.2. The van der Waals surface area contributed by atoms with Crippen molar-refractivity contribution in [2.45, 2.75) is 30.3 Å². The van der Waals surface area contributed by atoms with Crippen LogP contribution in [-0.4, -0.2) is 74.8 Å². The van der Waals surface area contributed by atoms with Crippen LogP contribution in [0.5, 0.6) is 0 Å². The van der Waals surface area contributed by atoms with Crippen LogP contribution in [0.4, 0.5) is 10.5 Å². The minimum absolute atomic E-state index is 0.00632. The fourth-order valence-corrected chi connectivity index (χ4v) is 4.92. The van der Waals surface area contributed by atoms with E-state index in [0.717, 1.165) is 12.0 Å². The summed E-state index contributed by atoms with van der Waals surface area (Å²) < 4.78 is 20.1. The number of fused-ring (bicyclic) bond motifs is 1. The number of hydrogen-bond acceptors (Lipinski definition) is 10. The molecule has 1 aromatic carbocycles. The zero-order valence-corrected chi connectivity index (χ0v) is 19.3. The van der Waals surface area contributed by atoms with Crippen LogP contribution in [-0.2, 0) is 38.7 Å². The number of hydrogen-bond donors (Lipinski definition) is 1. The Morgan fingerprint density at radius 1 is 1.14 bits per heavy atom. The first-order valence-corrected chi connectivity index (χ1v) is 10.7. The Bertz CT molecular complexity index is 1210. The number of esters is 3. The molecule has 4 rings (SSSR count). The number of aliphatic imine (C=N–C) groups is 1. The van der Waals surface area contributed by atoms with Crippen molar-refractivity contribution in [1.82, 2.24) is 4.90 Å². The van der Waals surface area contributed by atoms with Crippen LogP contribution in [0.3, 0.4) is 0 Å². The van der Waals surface area contributed by atoms with Crippen LogP contribution in [0.25, 0.3) is 0 Å². The number of anilines is 1. The molecule has 35 heavy (non-hydrogen) atoms. The zero-order chi connectivity index (χ0) is 25.3. The molecule has 1 saturated heterocycles. The summed E-state index contributed by atoms with van der Waals surface area (Å²) >= 11 is 0. The summed E-state index contributed by atoms with van der Waals surface area (Å²) in [4.78, 5) is 57.3. The highest BCUT2D eigenvalue weighted by atomic mass is 16.6. The lowest BCUT2D eigenvalue weighted by molar-refractivity contribution is -0.144. The Labute approximate surface area is 201 Å². The fraction of sp³-hybridized carbons (Fsp3) is 0.375. The minimum Gasteiger partial charge on any atom is -0.467 e.